The van der Waals surface area contributed by atoms with Gasteiger partial charge < -0.3 is 10.2 Å². The van der Waals surface area contributed by atoms with E-state index in [0.29, 0.717) is 12.8 Å². The highest BCUT2D eigenvalue weighted by atomic mass is 16.3. The topological polar surface area (TPSA) is 77.8 Å². The lowest BCUT2D eigenvalue weighted by molar-refractivity contribution is -0.145. The average Bonchev–Trinajstić information content (AvgIpc) is 2.32. The van der Waals surface area contributed by atoms with E-state index < -0.39 is 12.7 Å². The Hall–Kier alpha value is -0.940. The summed E-state index contributed by atoms with van der Waals surface area (Å²) in [5.74, 6) is -0.500. The number of aliphatic hydroxyl groups excluding tert-OH is 2. The van der Waals surface area contributed by atoms with Crippen LogP contribution in [0, 0.1) is 0 Å². The van der Waals surface area contributed by atoms with Gasteiger partial charge in [-0.2, -0.15) is 0 Å². The molecule has 0 spiro atoms. The minimum Gasteiger partial charge on any atom is -0.394 e. The molecule has 80 valence electrons. The molecule has 1 aliphatic rings. The molecule has 1 heterocycles. The summed E-state index contributed by atoms with van der Waals surface area (Å²) in [6.45, 7) is -0.523. The number of likely N-dealkylation sites (tertiary alicyclic amines) is 1. The predicted octanol–water partition coefficient (Wildman–Crippen LogP) is -0.731. The fourth-order valence-electron chi connectivity index (χ4n) is 1.43. The van der Waals surface area contributed by atoms with Crippen molar-refractivity contribution in [3.05, 3.63) is 0 Å². The predicted molar refractivity (Wildman–Crippen MR) is 48.3 cm³/mol. The molecule has 5 nitrogen and oxygen atoms in total. The third kappa shape index (κ3) is 2.78. The van der Waals surface area contributed by atoms with Crippen LogP contribution in [-0.4, -0.2) is 46.2 Å². The minimum absolute atomic E-state index is 0.0891. The zero-order chi connectivity index (χ0) is 10.6. The van der Waals surface area contributed by atoms with Gasteiger partial charge >= 0.3 is 0 Å². The summed E-state index contributed by atoms with van der Waals surface area (Å²) in [4.78, 5) is 23.8. The number of nitrogens with zero attached hydrogens (tertiary/aromatic N) is 1. The van der Waals surface area contributed by atoms with E-state index in [1.165, 1.54) is 0 Å². The summed E-state index contributed by atoms with van der Waals surface area (Å²) in [7, 11) is 0. The quantitative estimate of drug-likeness (QED) is 0.590. The van der Waals surface area contributed by atoms with E-state index in [4.69, 9.17) is 10.2 Å². The molecule has 1 saturated heterocycles. The van der Waals surface area contributed by atoms with E-state index in [9.17, 15) is 9.59 Å². The van der Waals surface area contributed by atoms with Crippen LogP contribution in [0.2, 0.25) is 0 Å². The number of hydrogen-bond acceptors (Lipinski definition) is 4. The van der Waals surface area contributed by atoms with E-state index >= 15 is 0 Å². The van der Waals surface area contributed by atoms with E-state index in [1.54, 1.807) is 0 Å². The van der Waals surface area contributed by atoms with E-state index in [-0.39, 0.29) is 18.4 Å². The van der Waals surface area contributed by atoms with E-state index in [2.05, 4.69) is 0 Å². The highest BCUT2D eigenvalue weighted by molar-refractivity contribution is 5.96. The van der Waals surface area contributed by atoms with Gasteiger partial charge in [0.1, 0.15) is 0 Å². The monoisotopic (exact) mass is 201 g/mol. The second kappa shape index (κ2) is 5.07. The minimum atomic E-state index is -1.03. The average molecular weight is 201 g/mol. The molecule has 0 aromatic rings. The second-order valence-electron chi connectivity index (χ2n) is 3.44. The smallest absolute Gasteiger partial charge is 0.229 e. The standard InChI is InChI=1S/C9H15NO4/c11-6-7(12)5-10-8(13)3-1-2-4-9(10)14/h7,11-12H,1-6H2. The summed E-state index contributed by atoms with van der Waals surface area (Å²) < 4.78 is 0. The molecular formula is C9H15NO4. The van der Waals surface area contributed by atoms with Crippen LogP contribution >= 0.6 is 0 Å². The van der Waals surface area contributed by atoms with Crippen molar-refractivity contribution in [3.8, 4) is 0 Å². The molecule has 0 aromatic carbocycles. The SMILES string of the molecule is O=C1CCCCC(=O)N1CC(O)CO. The Balaban J connectivity index is 2.60. The Kier molecular flexibility index (Phi) is 4.03. The van der Waals surface area contributed by atoms with Crippen LogP contribution in [0.4, 0.5) is 0 Å². The van der Waals surface area contributed by atoms with Crippen LogP contribution in [-0.2, 0) is 9.59 Å². The van der Waals surface area contributed by atoms with Gasteiger partial charge in [0.15, 0.2) is 0 Å². The van der Waals surface area contributed by atoms with Gasteiger partial charge in [0.25, 0.3) is 0 Å². The zero-order valence-corrected chi connectivity index (χ0v) is 7.98. The lowest BCUT2D eigenvalue weighted by Gasteiger charge is -2.20. The molecule has 5 heteroatoms. The summed E-state index contributed by atoms with van der Waals surface area (Å²) in [5, 5.41) is 17.8. The Morgan fingerprint density at radius 2 is 1.71 bits per heavy atom. The van der Waals surface area contributed by atoms with Crippen LogP contribution in [0.15, 0.2) is 0 Å². The molecular weight excluding hydrogens is 186 g/mol. The fraction of sp³-hybridized carbons (Fsp3) is 0.778. The lowest BCUT2D eigenvalue weighted by Crippen LogP contribution is -2.41. The van der Waals surface area contributed by atoms with Crippen molar-refractivity contribution in [2.24, 2.45) is 0 Å². The third-order valence-corrected chi connectivity index (χ3v) is 2.24. The second-order valence-corrected chi connectivity index (χ2v) is 3.44. The van der Waals surface area contributed by atoms with Crippen molar-refractivity contribution in [1.29, 1.82) is 0 Å². The van der Waals surface area contributed by atoms with Gasteiger partial charge in [-0.1, -0.05) is 0 Å². The summed E-state index contributed by atoms with van der Waals surface area (Å²) in [6.07, 6.45) is 1.11. The summed E-state index contributed by atoms with van der Waals surface area (Å²) >= 11 is 0. The summed E-state index contributed by atoms with van der Waals surface area (Å²) in [6, 6.07) is 0. The normalized spacial score (nSPS) is 20.9. The largest absolute Gasteiger partial charge is 0.394 e. The molecule has 0 aliphatic carbocycles. The molecule has 0 radical (unpaired) electrons. The lowest BCUT2D eigenvalue weighted by atomic mass is 10.2. The maximum Gasteiger partial charge on any atom is 0.229 e. The zero-order valence-electron chi connectivity index (χ0n) is 7.98. The van der Waals surface area contributed by atoms with Crippen LogP contribution in [0.5, 0.6) is 0 Å². The molecule has 1 unspecified atom stereocenters. The van der Waals surface area contributed by atoms with Gasteiger partial charge in [0, 0.05) is 12.8 Å². The molecule has 1 rings (SSSR count). The fourth-order valence-corrected chi connectivity index (χ4v) is 1.43. The van der Waals surface area contributed by atoms with Gasteiger partial charge in [-0.25, -0.2) is 0 Å². The van der Waals surface area contributed by atoms with Gasteiger partial charge in [0.2, 0.25) is 11.8 Å². The molecule has 0 bridgehead atoms. The number of carbonyl (C=O) groups is 2. The molecule has 0 saturated carbocycles. The Bertz CT molecular complexity index is 211. The van der Waals surface area contributed by atoms with Gasteiger partial charge in [-0.3, -0.25) is 14.5 Å². The molecule has 0 aromatic heterocycles. The Labute approximate surface area is 82.3 Å². The van der Waals surface area contributed by atoms with Gasteiger partial charge in [-0.05, 0) is 12.8 Å². The van der Waals surface area contributed by atoms with Crippen molar-refractivity contribution in [2.45, 2.75) is 31.8 Å². The third-order valence-electron chi connectivity index (χ3n) is 2.24. The number of β-amino-alcohol motifs (C(OH)–C–C–N with tert-alkyl or cyclic N) is 1. The molecule has 2 N–H and O–H groups in total. The number of imide groups is 1. The maximum atomic E-state index is 11.4. The maximum absolute atomic E-state index is 11.4. The highest BCUT2D eigenvalue weighted by Gasteiger charge is 2.25. The van der Waals surface area contributed by atoms with E-state index in [1.807, 2.05) is 0 Å². The summed E-state index contributed by atoms with van der Waals surface area (Å²) in [5.41, 5.74) is 0. The first kappa shape index (κ1) is 11.1. The molecule has 1 aliphatic heterocycles. The Morgan fingerprint density at radius 1 is 1.21 bits per heavy atom. The van der Waals surface area contributed by atoms with Crippen molar-refractivity contribution in [1.82, 2.24) is 4.90 Å². The van der Waals surface area contributed by atoms with Crippen LogP contribution in [0.3, 0.4) is 0 Å². The van der Waals surface area contributed by atoms with Crippen molar-refractivity contribution in [3.63, 3.8) is 0 Å². The van der Waals surface area contributed by atoms with Crippen molar-refractivity contribution in [2.75, 3.05) is 13.2 Å². The van der Waals surface area contributed by atoms with E-state index in [0.717, 1.165) is 17.7 Å². The first-order valence-corrected chi connectivity index (χ1v) is 4.77. The Morgan fingerprint density at radius 3 is 2.14 bits per heavy atom. The van der Waals surface area contributed by atoms with Gasteiger partial charge in [0.05, 0.1) is 19.3 Å². The molecule has 2 amide bonds. The van der Waals surface area contributed by atoms with Crippen LogP contribution in [0.1, 0.15) is 25.7 Å². The molecule has 14 heavy (non-hydrogen) atoms. The number of aliphatic hydroxyl groups is 2. The van der Waals surface area contributed by atoms with Gasteiger partial charge in [-0.15, -0.1) is 0 Å². The number of carbonyl (C=O) groups excluding carboxylic acids is 2. The number of hydrogen-bond donors (Lipinski definition) is 2. The van der Waals surface area contributed by atoms with Crippen molar-refractivity contribution >= 4 is 11.8 Å². The van der Waals surface area contributed by atoms with Crippen molar-refractivity contribution < 1.29 is 19.8 Å². The van der Waals surface area contributed by atoms with Crippen LogP contribution < -0.4 is 0 Å². The van der Waals surface area contributed by atoms with Crippen LogP contribution in [0.25, 0.3) is 0 Å². The first-order valence-electron chi connectivity index (χ1n) is 4.77. The number of rotatable bonds is 3. The molecule has 1 fully saturated rings. The molecule has 1 atom stereocenters. The number of amides is 2. The highest BCUT2D eigenvalue weighted by Crippen LogP contribution is 2.12. The first-order chi connectivity index (χ1) is 6.65.